The van der Waals surface area contributed by atoms with E-state index in [-0.39, 0.29) is 6.04 Å². The number of anilines is 1. The number of hydrogen-bond acceptors (Lipinski definition) is 5. The highest BCUT2D eigenvalue weighted by Gasteiger charge is 2.18. The Morgan fingerprint density at radius 2 is 2.38 bits per heavy atom. The van der Waals surface area contributed by atoms with Gasteiger partial charge in [-0.15, -0.1) is 0 Å². The summed E-state index contributed by atoms with van der Waals surface area (Å²) in [6, 6.07) is 2.04. The molecule has 2 rings (SSSR count). The summed E-state index contributed by atoms with van der Waals surface area (Å²) in [4.78, 5) is 10.8. The third-order valence-electron chi connectivity index (χ3n) is 2.63. The number of halogens is 1. The SMILES string of the molecule is CSc1nc(Cl)cc(N2CCC[C@H](N)C2)n1. The highest BCUT2D eigenvalue weighted by molar-refractivity contribution is 7.98. The van der Waals surface area contributed by atoms with Gasteiger partial charge in [-0.2, -0.15) is 0 Å². The van der Waals surface area contributed by atoms with Crippen LogP contribution in [0.5, 0.6) is 0 Å². The lowest BCUT2D eigenvalue weighted by atomic mass is 10.1. The Morgan fingerprint density at radius 3 is 3.06 bits per heavy atom. The van der Waals surface area contributed by atoms with Crippen molar-refractivity contribution < 1.29 is 0 Å². The van der Waals surface area contributed by atoms with E-state index < -0.39 is 0 Å². The largest absolute Gasteiger partial charge is 0.355 e. The number of piperidine rings is 1. The van der Waals surface area contributed by atoms with Crippen molar-refractivity contribution in [2.24, 2.45) is 5.73 Å². The van der Waals surface area contributed by atoms with Gasteiger partial charge in [0.2, 0.25) is 0 Å². The predicted molar refractivity (Wildman–Crippen MR) is 68.2 cm³/mol. The standard InChI is InChI=1S/C10H15ClN4S/c1-16-10-13-8(11)5-9(14-10)15-4-2-3-7(12)6-15/h5,7H,2-4,6,12H2,1H3/t7-/m0/s1. The fourth-order valence-electron chi connectivity index (χ4n) is 1.86. The molecule has 4 nitrogen and oxygen atoms in total. The molecule has 1 aliphatic rings. The molecule has 1 saturated heterocycles. The van der Waals surface area contributed by atoms with E-state index in [9.17, 15) is 0 Å². The Hall–Kier alpha value is -0.520. The Bertz CT molecular complexity index is 374. The van der Waals surface area contributed by atoms with Crippen LogP contribution >= 0.6 is 23.4 Å². The summed E-state index contributed by atoms with van der Waals surface area (Å²) >= 11 is 7.46. The van der Waals surface area contributed by atoms with E-state index in [4.69, 9.17) is 17.3 Å². The minimum atomic E-state index is 0.236. The molecule has 2 N–H and O–H groups in total. The van der Waals surface area contributed by atoms with Crippen molar-refractivity contribution >= 4 is 29.2 Å². The van der Waals surface area contributed by atoms with Crippen LogP contribution in [0, 0.1) is 0 Å². The fraction of sp³-hybridized carbons (Fsp3) is 0.600. The van der Waals surface area contributed by atoms with Crippen molar-refractivity contribution in [1.29, 1.82) is 0 Å². The van der Waals surface area contributed by atoms with Crippen LogP contribution in [-0.4, -0.2) is 35.4 Å². The van der Waals surface area contributed by atoms with Gasteiger partial charge in [-0.05, 0) is 19.1 Å². The molecule has 0 bridgehead atoms. The van der Waals surface area contributed by atoms with Crippen LogP contribution in [-0.2, 0) is 0 Å². The van der Waals surface area contributed by atoms with Gasteiger partial charge < -0.3 is 10.6 Å². The lowest BCUT2D eigenvalue weighted by Crippen LogP contribution is -2.43. The second kappa shape index (κ2) is 5.21. The maximum atomic E-state index is 5.96. The monoisotopic (exact) mass is 258 g/mol. The molecule has 1 atom stereocenters. The maximum Gasteiger partial charge on any atom is 0.190 e. The van der Waals surface area contributed by atoms with Gasteiger partial charge in [0.1, 0.15) is 11.0 Å². The lowest BCUT2D eigenvalue weighted by molar-refractivity contribution is 0.502. The van der Waals surface area contributed by atoms with Crippen molar-refractivity contribution in [3.8, 4) is 0 Å². The zero-order chi connectivity index (χ0) is 11.5. The predicted octanol–water partition coefficient (Wildman–Crippen LogP) is 1.78. The lowest BCUT2D eigenvalue weighted by Gasteiger charge is -2.31. The Balaban J connectivity index is 2.21. The highest BCUT2D eigenvalue weighted by atomic mass is 35.5. The molecular weight excluding hydrogens is 244 g/mol. The molecule has 0 aliphatic carbocycles. The molecule has 1 fully saturated rings. The number of nitrogens with zero attached hydrogens (tertiary/aromatic N) is 3. The van der Waals surface area contributed by atoms with E-state index >= 15 is 0 Å². The van der Waals surface area contributed by atoms with Crippen molar-refractivity contribution in [3.05, 3.63) is 11.2 Å². The average Bonchev–Trinajstić information content (AvgIpc) is 2.28. The molecule has 2 heterocycles. The summed E-state index contributed by atoms with van der Waals surface area (Å²) in [6.07, 6.45) is 4.14. The third kappa shape index (κ3) is 2.78. The first-order chi connectivity index (χ1) is 7.69. The van der Waals surface area contributed by atoms with E-state index in [2.05, 4.69) is 14.9 Å². The van der Waals surface area contributed by atoms with E-state index in [0.717, 1.165) is 31.7 Å². The fourth-order valence-corrected chi connectivity index (χ4v) is 2.46. The van der Waals surface area contributed by atoms with Gasteiger partial charge in [0, 0.05) is 25.2 Å². The van der Waals surface area contributed by atoms with Gasteiger partial charge in [0.25, 0.3) is 0 Å². The van der Waals surface area contributed by atoms with E-state index in [1.807, 2.05) is 6.26 Å². The first-order valence-corrected chi connectivity index (χ1v) is 6.88. The summed E-state index contributed by atoms with van der Waals surface area (Å²) in [7, 11) is 0. The highest BCUT2D eigenvalue weighted by Crippen LogP contribution is 2.22. The summed E-state index contributed by atoms with van der Waals surface area (Å²) in [5.74, 6) is 0.888. The summed E-state index contributed by atoms with van der Waals surface area (Å²) in [5.41, 5.74) is 5.95. The van der Waals surface area contributed by atoms with Crippen molar-refractivity contribution in [2.75, 3.05) is 24.2 Å². The zero-order valence-electron chi connectivity index (χ0n) is 9.19. The number of aromatic nitrogens is 2. The molecule has 0 aromatic carbocycles. The zero-order valence-corrected chi connectivity index (χ0v) is 10.8. The molecular formula is C10H15ClN4S. The quantitative estimate of drug-likeness (QED) is 0.498. The molecule has 1 aromatic rings. The summed E-state index contributed by atoms with van der Waals surface area (Å²) in [6.45, 7) is 1.84. The minimum absolute atomic E-state index is 0.236. The van der Waals surface area contributed by atoms with Gasteiger partial charge in [0.05, 0.1) is 0 Å². The smallest absolute Gasteiger partial charge is 0.190 e. The molecule has 0 unspecified atom stereocenters. The van der Waals surface area contributed by atoms with Crippen LogP contribution in [0.25, 0.3) is 0 Å². The van der Waals surface area contributed by atoms with Crippen molar-refractivity contribution in [2.45, 2.75) is 24.0 Å². The Morgan fingerprint density at radius 1 is 1.56 bits per heavy atom. The summed E-state index contributed by atoms with van der Waals surface area (Å²) in [5, 5.41) is 1.20. The molecule has 0 radical (unpaired) electrons. The van der Waals surface area contributed by atoms with Gasteiger partial charge in [-0.25, -0.2) is 9.97 Å². The molecule has 1 aromatic heterocycles. The van der Waals surface area contributed by atoms with Crippen molar-refractivity contribution in [3.63, 3.8) is 0 Å². The first kappa shape index (κ1) is 12.0. The van der Waals surface area contributed by atoms with Crippen LogP contribution in [0.15, 0.2) is 11.2 Å². The van der Waals surface area contributed by atoms with Crippen LogP contribution in [0.3, 0.4) is 0 Å². The van der Waals surface area contributed by atoms with Crippen LogP contribution in [0.4, 0.5) is 5.82 Å². The van der Waals surface area contributed by atoms with Crippen molar-refractivity contribution in [1.82, 2.24) is 9.97 Å². The van der Waals surface area contributed by atoms with E-state index in [0.29, 0.717) is 10.3 Å². The van der Waals surface area contributed by atoms with Gasteiger partial charge in [-0.1, -0.05) is 23.4 Å². The Kier molecular flexibility index (Phi) is 3.89. The topological polar surface area (TPSA) is 55.0 Å². The van der Waals surface area contributed by atoms with E-state index in [1.165, 1.54) is 11.8 Å². The van der Waals surface area contributed by atoms with Crippen LogP contribution in [0.1, 0.15) is 12.8 Å². The first-order valence-electron chi connectivity index (χ1n) is 5.28. The van der Waals surface area contributed by atoms with Crippen LogP contribution < -0.4 is 10.6 Å². The second-order valence-corrected chi connectivity index (χ2v) is 5.04. The average molecular weight is 259 g/mol. The molecule has 0 spiro atoms. The summed E-state index contributed by atoms with van der Waals surface area (Å²) < 4.78 is 0. The van der Waals surface area contributed by atoms with Gasteiger partial charge >= 0.3 is 0 Å². The molecule has 1 aliphatic heterocycles. The molecule has 16 heavy (non-hydrogen) atoms. The number of rotatable bonds is 2. The van der Waals surface area contributed by atoms with Gasteiger partial charge in [-0.3, -0.25) is 0 Å². The maximum absolute atomic E-state index is 5.96. The molecule has 6 heteroatoms. The van der Waals surface area contributed by atoms with Gasteiger partial charge in [0.15, 0.2) is 5.16 Å². The molecule has 88 valence electrons. The number of nitrogens with two attached hydrogens (primary N) is 1. The van der Waals surface area contributed by atoms with E-state index in [1.54, 1.807) is 6.07 Å². The minimum Gasteiger partial charge on any atom is -0.355 e. The Labute approximate surface area is 105 Å². The second-order valence-electron chi connectivity index (χ2n) is 3.88. The molecule has 0 saturated carbocycles. The normalized spacial score (nSPS) is 21.2. The number of thioether (sulfide) groups is 1. The van der Waals surface area contributed by atoms with Crippen LogP contribution in [0.2, 0.25) is 5.15 Å². The third-order valence-corrected chi connectivity index (χ3v) is 3.37. The molecule has 0 amide bonds. The number of hydrogen-bond donors (Lipinski definition) is 1.